The number of rotatable bonds is 3. The van der Waals surface area contributed by atoms with Crippen LogP contribution in [0.3, 0.4) is 0 Å². The van der Waals surface area contributed by atoms with Crippen LogP contribution in [-0.2, 0) is 0 Å². The Labute approximate surface area is 115 Å². The molecule has 0 bridgehead atoms. The van der Waals surface area contributed by atoms with Gasteiger partial charge in [-0.2, -0.15) is 0 Å². The third-order valence-electron chi connectivity index (χ3n) is 3.33. The summed E-state index contributed by atoms with van der Waals surface area (Å²) in [4.78, 5) is 14.3. The molecule has 7 heteroatoms. The highest BCUT2D eigenvalue weighted by Crippen LogP contribution is 2.29. The molecule has 7 nitrogen and oxygen atoms in total. The molecule has 0 saturated carbocycles. The molecule has 1 amide bonds. The molecule has 1 aromatic carbocycles. The average Bonchev–Trinajstić information content (AvgIpc) is 3.10. The zero-order valence-electron chi connectivity index (χ0n) is 10.9. The van der Waals surface area contributed by atoms with Crippen LogP contribution in [-0.4, -0.2) is 29.3 Å². The average molecular weight is 273 g/mol. The van der Waals surface area contributed by atoms with Gasteiger partial charge in [-0.05, 0) is 35.3 Å². The minimum absolute atomic E-state index is 0.00113. The topological polar surface area (TPSA) is 97.3 Å². The highest BCUT2D eigenvalue weighted by molar-refractivity contribution is 6.07. The number of amides is 1. The number of nitrogens with one attached hydrogen (secondary N) is 1. The highest BCUT2D eigenvalue weighted by atomic mass is 16.6. The van der Waals surface area contributed by atoms with Crippen molar-refractivity contribution in [3.63, 3.8) is 0 Å². The number of carbonyl (C=O) groups excluding carboxylic acids is 1. The van der Waals surface area contributed by atoms with Gasteiger partial charge in [-0.1, -0.05) is 12.1 Å². The van der Waals surface area contributed by atoms with Crippen LogP contribution in [0.5, 0.6) is 0 Å². The van der Waals surface area contributed by atoms with Crippen molar-refractivity contribution in [2.24, 2.45) is 0 Å². The maximum absolute atomic E-state index is 12.1. The quantitative estimate of drug-likeness (QED) is 0.879. The molecule has 0 atom stereocenters. The summed E-state index contributed by atoms with van der Waals surface area (Å²) in [5.74, 6) is -0.434. The van der Waals surface area contributed by atoms with Crippen LogP contribution in [0.4, 0.5) is 17.2 Å². The number of carbonyl (C=O) groups is 1. The molecule has 104 valence electrons. The van der Waals surface area contributed by atoms with Crippen LogP contribution in [0.2, 0.25) is 0 Å². The van der Waals surface area contributed by atoms with Gasteiger partial charge in [0.25, 0.3) is 5.91 Å². The molecule has 1 fully saturated rings. The second-order valence-corrected chi connectivity index (χ2v) is 4.66. The van der Waals surface area contributed by atoms with E-state index in [9.17, 15) is 4.79 Å². The van der Waals surface area contributed by atoms with E-state index in [-0.39, 0.29) is 11.5 Å². The smallest absolute Gasteiger partial charge is 0.281 e. The Bertz CT molecular complexity index is 619. The van der Waals surface area contributed by atoms with E-state index in [2.05, 4.69) is 25.2 Å². The van der Waals surface area contributed by atoms with E-state index in [1.165, 1.54) is 12.8 Å². The summed E-state index contributed by atoms with van der Waals surface area (Å²) in [5, 5.41) is 9.71. The van der Waals surface area contributed by atoms with Gasteiger partial charge < -0.3 is 16.0 Å². The van der Waals surface area contributed by atoms with Crippen molar-refractivity contribution in [1.82, 2.24) is 10.3 Å². The second-order valence-electron chi connectivity index (χ2n) is 4.66. The number of hydrogen-bond donors (Lipinski definition) is 2. The first-order valence-corrected chi connectivity index (χ1v) is 6.49. The Morgan fingerprint density at radius 1 is 1.25 bits per heavy atom. The van der Waals surface area contributed by atoms with Gasteiger partial charge in [-0.3, -0.25) is 4.79 Å². The maximum Gasteiger partial charge on any atom is 0.281 e. The first-order valence-electron chi connectivity index (χ1n) is 6.49. The van der Waals surface area contributed by atoms with Crippen LogP contribution < -0.4 is 16.0 Å². The molecule has 1 aromatic heterocycles. The molecule has 0 unspecified atom stereocenters. The number of nitrogens with two attached hydrogens (primary N) is 1. The van der Waals surface area contributed by atoms with Gasteiger partial charge in [-0.25, -0.2) is 4.63 Å². The summed E-state index contributed by atoms with van der Waals surface area (Å²) in [6.07, 6.45) is 2.34. The fourth-order valence-corrected chi connectivity index (χ4v) is 2.35. The standard InChI is InChI=1S/C13H15N5O2/c14-12-11(16-20-17-12)13(19)15-9-5-1-2-6-10(9)18-7-3-4-8-18/h1-2,5-6H,3-4,7-8H2,(H2,14,17)(H,15,19). The Kier molecular flexibility index (Phi) is 3.24. The summed E-state index contributed by atoms with van der Waals surface area (Å²) in [7, 11) is 0. The van der Waals surface area contributed by atoms with Crippen LogP contribution in [0.15, 0.2) is 28.9 Å². The van der Waals surface area contributed by atoms with Crippen LogP contribution in [0.1, 0.15) is 23.3 Å². The molecule has 0 aliphatic carbocycles. The SMILES string of the molecule is Nc1nonc1C(=O)Nc1ccccc1N1CCCC1. The molecule has 3 N–H and O–H groups in total. The third-order valence-corrected chi connectivity index (χ3v) is 3.33. The van der Waals surface area contributed by atoms with E-state index in [4.69, 9.17) is 5.73 Å². The zero-order valence-corrected chi connectivity index (χ0v) is 10.9. The minimum atomic E-state index is -0.421. The first kappa shape index (κ1) is 12.5. The predicted molar refractivity (Wildman–Crippen MR) is 74.6 cm³/mol. The predicted octanol–water partition coefficient (Wildman–Crippen LogP) is 1.50. The Morgan fingerprint density at radius 2 is 2.00 bits per heavy atom. The zero-order chi connectivity index (χ0) is 13.9. The van der Waals surface area contributed by atoms with Crippen LogP contribution in [0.25, 0.3) is 0 Å². The molecule has 0 spiro atoms. The van der Waals surface area contributed by atoms with Crippen LogP contribution >= 0.6 is 0 Å². The summed E-state index contributed by atoms with van der Waals surface area (Å²) in [6, 6.07) is 7.68. The number of benzene rings is 1. The lowest BCUT2D eigenvalue weighted by Gasteiger charge is -2.21. The molecular formula is C13H15N5O2. The van der Waals surface area contributed by atoms with E-state index in [0.717, 1.165) is 24.5 Å². The van der Waals surface area contributed by atoms with Crippen molar-refractivity contribution in [2.75, 3.05) is 29.0 Å². The van der Waals surface area contributed by atoms with Gasteiger partial charge in [0.15, 0.2) is 0 Å². The molecular weight excluding hydrogens is 258 g/mol. The fraction of sp³-hybridized carbons (Fsp3) is 0.308. The highest BCUT2D eigenvalue weighted by Gasteiger charge is 2.20. The Morgan fingerprint density at radius 3 is 2.70 bits per heavy atom. The van der Waals surface area contributed by atoms with Crippen molar-refractivity contribution in [2.45, 2.75) is 12.8 Å². The number of aromatic nitrogens is 2. The van der Waals surface area contributed by atoms with E-state index in [0.29, 0.717) is 0 Å². The molecule has 2 heterocycles. The summed E-state index contributed by atoms with van der Waals surface area (Å²) in [5.41, 5.74) is 7.26. The molecule has 2 aromatic rings. The number of nitrogens with zero attached hydrogens (tertiary/aromatic N) is 3. The largest absolute Gasteiger partial charge is 0.379 e. The van der Waals surface area contributed by atoms with Crippen molar-refractivity contribution in [3.8, 4) is 0 Å². The molecule has 1 aliphatic rings. The van der Waals surface area contributed by atoms with E-state index in [1.807, 2.05) is 24.3 Å². The van der Waals surface area contributed by atoms with Crippen molar-refractivity contribution < 1.29 is 9.42 Å². The normalized spacial score (nSPS) is 14.5. The summed E-state index contributed by atoms with van der Waals surface area (Å²) in [6.45, 7) is 2.00. The van der Waals surface area contributed by atoms with Gasteiger partial charge in [0, 0.05) is 13.1 Å². The van der Waals surface area contributed by atoms with Crippen LogP contribution in [0, 0.1) is 0 Å². The molecule has 20 heavy (non-hydrogen) atoms. The second kappa shape index (κ2) is 5.20. The number of anilines is 3. The minimum Gasteiger partial charge on any atom is -0.379 e. The van der Waals surface area contributed by atoms with E-state index < -0.39 is 5.91 Å². The Hall–Kier alpha value is -2.57. The van der Waals surface area contributed by atoms with Gasteiger partial charge in [0.1, 0.15) is 0 Å². The number of nitrogen functional groups attached to an aromatic ring is 1. The van der Waals surface area contributed by atoms with Gasteiger partial charge >= 0.3 is 0 Å². The number of para-hydroxylation sites is 2. The fourth-order valence-electron chi connectivity index (χ4n) is 2.35. The monoisotopic (exact) mass is 273 g/mol. The van der Waals surface area contributed by atoms with Crippen molar-refractivity contribution in [3.05, 3.63) is 30.0 Å². The van der Waals surface area contributed by atoms with Crippen molar-refractivity contribution >= 4 is 23.1 Å². The summed E-state index contributed by atoms with van der Waals surface area (Å²) < 4.78 is 4.44. The molecule has 1 saturated heterocycles. The Balaban J connectivity index is 1.84. The number of hydrogen-bond acceptors (Lipinski definition) is 6. The third kappa shape index (κ3) is 2.29. The van der Waals surface area contributed by atoms with E-state index in [1.54, 1.807) is 0 Å². The van der Waals surface area contributed by atoms with Gasteiger partial charge in [-0.15, -0.1) is 0 Å². The molecule has 3 rings (SSSR count). The lowest BCUT2D eigenvalue weighted by atomic mass is 10.2. The van der Waals surface area contributed by atoms with Gasteiger partial charge in [0.2, 0.25) is 11.5 Å². The molecule has 1 aliphatic heterocycles. The molecule has 0 radical (unpaired) electrons. The van der Waals surface area contributed by atoms with E-state index >= 15 is 0 Å². The first-order chi connectivity index (χ1) is 9.75. The van der Waals surface area contributed by atoms with Gasteiger partial charge in [0.05, 0.1) is 11.4 Å². The lowest BCUT2D eigenvalue weighted by Crippen LogP contribution is -2.21. The summed E-state index contributed by atoms with van der Waals surface area (Å²) >= 11 is 0. The maximum atomic E-state index is 12.1. The van der Waals surface area contributed by atoms with Crippen molar-refractivity contribution in [1.29, 1.82) is 0 Å². The lowest BCUT2D eigenvalue weighted by molar-refractivity contribution is 0.101.